The highest BCUT2D eigenvalue weighted by Crippen LogP contribution is 2.28. The predicted octanol–water partition coefficient (Wildman–Crippen LogP) is 2.49. The lowest BCUT2D eigenvalue weighted by atomic mass is 9.97. The van der Waals surface area contributed by atoms with E-state index >= 15 is 0 Å². The van der Waals surface area contributed by atoms with Crippen molar-refractivity contribution in [3.8, 4) is 5.88 Å². The summed E-state index contributed by atoms with van der Waals surface area (Å²) in [5.74, 6) is 0.331. The van der Waals surface area contributed by atoms with E-state index in [-0.39, 0.29) is 17.6 Å². The normalized spacial score (nSPS) is 13.9. The van der Waals surface area contributed by atoms with Gasteiger partial charge in [-0.2, -0.15) is 0 Å². The van der Waals surface area contributed by atoms with Crippen LogP contribution in [0.15, 0.2) is 12.1 Å². The van der Waals surface area contributed by atoms with Crippen LogP contribution in [-0.4, -0.2) is 29.6 Å². The Labute approximate surface area is 113 Å². The maximum Gasteiger partial charge on any atom is 0.291 e. The van der Waals surface area contributed by atoms with Gasteiger partial charge in [-0.1, -0.05) is 13.8 Å². The second-order valence-electron chi connectivity index (χ2n) is 4.55. The summed E-state index contributed by atoms with van der Waals surface area (Å²) in [4.78, 5) is 14.9. The first-order valence-electron chi connectivity index (χ1n) is 6.44. The van der Waals surface area contributed by atoms with E-state index < -0.39 is 4.92 Å². The fraction of sp³-hybridized carbons (Fsp3) is 0.615. The van der Waals surface area contributed by atoms with Crippen LogP contribution in [-0.2, 0) is 0 Å². The summed E-state index contributed by atoms with van der Waals surface area (Å²) in [6, 6.07) is 3.07. The lowest BCUT2D eigenvalue weighted by molar-refractivity contribution is -0.386. The smallest absolute Gasteiger partial charge is 0.291 e. The number of nitro groups is 1. The van der Waals surface area contributed by atoms with Gasteiger partial charge >= 0.3 is 0 Å². The Kier molecular flexibility index (Phi) is 5.69. The van der Waals surface area contributed by atoms with E-state index in [1.54, 1.807) is 0 Å². The highest BCUT2D eigenvalue weighted by atomic mass is 16.6. The Morgan fingerprint density at radius 2 is 2.16 bits per heavy atom. The van der Waals surface area contributed by atoms with E-state index in [2.05, 4.69) is 17.2 Å². The number of hydrogen-bond donors (Lipinski definition) is 1. The Hall–Kier alpha value is -1.69. The summed E-state index contributed by atoms with van der Waals surface area (Å²) in [6.45, 7) is 6.90. The predicted molar refractivity (Wildman–Crippen MR) is 73.6 cm³/mol. The third-order valence-electron chi connectivity index (χ3n) is 3.18. The summed E-state index contributed by atoms with van der Waals surface area (Å²) in [5, 5.41) is 14.4. The van der Waals surface area contributed by atoms with E-state index in [0.717, 1.165) is 13.0 Å². The molecule has 6 heteroatoms. The molecule has 0 spiro atoms. The zero-order chi connectivity index (χ0) is 14.4. The molecular formula is C13H21N3O3. The second kappa shape index (κ2) is 7.04. The first-order valence-corrected chi connectivity index (χ1v) is 6.44. The molecule has 1 aromatic rings. The zero-order valence-electron chi connectivity index (χ0n) is 11.8. The van der Waals surface area contributed by atoms with Crippen molar-refractivity contribution in [2.24, 2.45) is 0 Å². The molecule has 2 atom stereocenters. The van der Waals surface area contributed by atoms with Gasteiger partial charge in [-0.3, -0.25) is 10.1 Å². The molecule has 1 rings (SSSR count). The van der Waals surface area contributed by atoms with Crippen LogP contribution in [0.4, 0.5) is 5.69 Å². The van der Waals surface area contributed by atoms with Crippen LogP contribution in [0.3, 0.4) is 0 Å². The van der Waals surface area contributed by atoms with Crippen molar-refractivity contribution in [3.05, 3.63) is 27.9 Å². The number of pyridine rings is 1. The molecule has 1 heterocycles. The number of aromatic nitrogens is 1. The second-order valence-corrected chi connectivity index (χ2v) is 4.55. The Balaban J connectivity index is 3.04. The zero-order valence-corrected chi connectivity index (χ0v) is 11.8. The van der Waals surface area contributed by atoms with Gasteiger partial charge in [0, 0.05) is 24.1 Å². The molecule has 0 radical (unpaired) electrons. The number of ether oxygens (including phenoxy) is 1. The molecule has 0 aliphatic rings. The van der Waals surface area contributed by atoms with Crippen LogP contribution in [0.25, 0.3) is 0 Å². The molecule has 1 N–H and O–H groups in total. The lowest BCUT2D eigenvalue weighted by Crippen LogP contribution is -2.32. The lowest BCUT2D eigenvalue weighted by Gasteiger charge is -2.20. The minimum atomic E-state index is -0.398. The molecule has 0 fully saturated rings. The van der Waals surface area contributed by atoms with Crippen molar-refractivity contribution < 1.29 is 9.66 Å². The van der Waals surface area contributed by atoms with Crippen molar-refractivity contribution in [1.29, 1.82) is 0 Å². The highest BCUT2D eigenvalue weighted by molar-refractivity contribution is 5.40. The average molecular weight is 267 g/mol. The molecule has 106 valence electrons. The van der Waals surface area contributed by atoms with Crippen LogP contribution in [0, 0.1) is 10.1 Å². The summed E-state index contributed by atoms with van der Waals surface area (Å²) >= 11 is 0. The van der Waals surface area contributed by atoms with Crippen LogP contribution >= 0.6 is 0 Å². The summed E-state index contributed by atoms with van der Waals surface area (Å²) in [5.41, 5.74) is 0.499. The van der Waals surface area contributed by atoms with Crippen LogP contribution in [0.5, 0.6) is 5.88 Å². The average Bonchev–Trinajstić information content (AvgIpc) is 2.42. The Morgan fingerprint density at radius 1 is 1.47 bits per heavy atom. The van der Waals surface area contributed by atoms with E-state index in [0.29, 0.717) is 11.6 Å². The number of rotatable bonds is 7. The molecule has 0 saturated carbocycles. The topological polar surface area (TPSA) is 77.3 Å². The molecule has 2 unspecified atom stereocenters. The minimum absolute atomic E-state index is 0.0402. The van der Waals surface area contributed by atoms with Crippen LogP contribution in [0.2, 0.25) is 0 Å². The Bertz CT molecular complexity index is 437. The quantitative estimate of drug-likeness (QED) is 0.606. The molecule has 1 aromatic heterocycles. The van der Waals surface area contributed by atoms with E-state index in [9.17, 15) is 10.1 Å². The molecule has 0 aliphatic heterocycles. The molecule has 0 amide bonds. The first kappa shape index (κ1) is 15.4. The summed E-state index contributed by atoms with van der Waals surface area (Å²) in [7, 11) is 1.50. The maximum absolute atomic E-state index is 11.1. The highest BCUT2D eigenvalue weighted by Gasteiger charge is 2.25. The fourth-order valence-corrected chi connectivity index (χ4v) is 1.84. The fourth-order valence-electron chi connectivity index (χ4n) is 1.84. The van der Waals surface area contributed by atoms with Gasteiger partial charge in [-0.05, 0) is 19.9 Å². The molecule has 6 nitrogen and oxygen atoms in total. The minimum Gasteiger partial charge on any atom is -0.481 e. The van der Waals surface area contributed by atoms with Gasteiger partial charge in [0.1, 0.15) is 5.69 Å². The molecule has 19 heavy (non-hydrogen) atoms. The first-order chi connectivity index (χ1) is 9.01. The third kappa shape index (κ3) is 3.89. The van der Waals surface area contributed by atoms with Crippen LogP contribution < -0.4 is 10.1 Å². The van der Waals surface area contributed by atoms with Crippen LogP contribution in [0.1, 0.15) is 38.8 Å². The third-order valence-corrected chi connectivity index (χ3v) is 3.18. The number of nitrogens with one attached hydrogen (secondary N) is 1. The van der Waals surface area contributed by atoms with Crippen molar-refractivity contribution >= 4 is 5.69 Å². The van der Waals surface area contributed by atoms with Crippen molar-refractivity contribution in [1.82, 2.24) is 10.3 Å². The number of hydrogen-bond acceptors (Lipinski definition) is 5. The molecule has 0 aromatic carbocycles. The largest absolute Gasteiger partial charge is 0.481 e. The number of nitrogens with zero attached hydrogens (tertiary/aromatic N) is 2. The maximum atomic E-state index is 11.1. The monoisotopic (exact) mass is 267 g/mol. The number of methoxy groups -OCH3 is 1. The van der Waals surface area contributed by atoms with Gasteiger partial charge in [0.05, 0.1) is 12.0 Å². The standard InChI is InChI=1S/C13H21N3O3/c1-5-8-14-10(3)9(2)13-11(16(17)18)6-7-12(15-13)19-4/h6-7,9-10,14H,5,8H2,1-4H3. The van der Waals surface area contributed by atoms with E-state index in [1.165, 1.54) is 19.2 Å². The van der Waals surface area contributed by atoms with Gasteiger partial charge in [0.15, 0.2) is 0 Å². The molecule has 0 aliphatic carbocycles. The molecule has 0 bridgehead atoms. The SMILES string of the molecule is CCCNC(C)C(C)c1nc(OC)ccc1[N+](=O)[O-]. The van der Waals surface area contributed by atoms with Crippen molar-refractivity contribution in [3.63, 3.8) is 0 Å². The van der Waals surface area contributed by atoms with E-state index in [1.807, 2.05) is 13.8 Å². The van der Waals surface area contributed by atoms with Gasteiger partial charge in [0.25, 0.3) is 5.69 Å². The van der Waals surface area contributed by atoms with Gasteiger partial charge in [-0.15, -0.1) is 0 Å². The molecule has 0 saturated heterocycles. The van der Waals surface area contributed by atoms with Crippen molar-refractivity contribution in [2.75, 3.05) is 13.7 Å². The van der Waals surface area contributed by atoms with Crippen molar-refractivity contribution in [2.45, 2.75) is 39.2 Å². The Morgan fingerprint density at radius 3 is 2.68 bits per heavy atom. The van der Waals surface area contributed by atoms with Gasteiger partial charge in [-0.25, -0.2) is 4.98 Å². The van der Waals surface area contributed by atoms with E-state index in [4.69, 9.17) is 4.74 Å². The molecular weight excluding hydrogens is 246 g/mol. The summed E-state index contributed by atoms with van der Waals surface area (Å²) in [6.07, 6.45) is 1.02. The van der Waals surface area contributed by atoms with Gasteiger partial charge in [0.2, 0.25) is 5.88 Å². The summed E-state index contributed by atoms with van der Waals surface area (Å²) < 4.78 is 5.05. The van der Waals surface area contributed by atoms with Gasteiger partial charge < -0.3 is 10.1 Å².